The second kappa shape index (κ2) is 14.3. The molecule has 0 spiro atoms. The Labute approximate surface area is 240 Å². The molecule has 0 unspecified atom stereocenters. The molecule has 5 N–H and O–H groups in total. The number of amides is 1. The minimum atomic E-state index is -1.14. The number of nitrogens with zero attached hydrogens (tertiary/aromatic N) is 4. The number of rotatable bonds is 14. The highest BCUT2D eigenvalue weighted by molar-refractivity contribution is 7.19. The van der Waals surface area contributed by atoms with Crippen molar-refractivity contribution >= 4 is 27.5 Å². The SMILES string of the molecule is NCCOCCOCCN1CCN([C@H]2CC[C@H](Oc3ncnc4sc5c(c34)[C@@H](C[C@@H](O)C(N)=O)CC5)CC2)CC1. The Morgan fingerprint density at radius 3 is 2.52 bits per heavy atom. The maximum absolute atomic E-state index is 11.5. The molecule has 0 aromatic carbocycles. The number of primary amides is 1. The maximum Gasteiger partial charge on any atom is 0.246 e. The summed E-state index contributed by atoms with van der Waals surface area (Å²) in [5, 5.41) is 11.1. The number of carbonyl (C=O) groups is 1. The van der Waals surface area contributed by atoms with Crippen LogP contribution in [0.15, 0.2) is 6.33 Å². The molecule has 1 saturated carbocycles. The number of nitrogens with two attached hydrogens (primary N) is 2. The minimum absolute atomic E-state index is 0.0657. The summed E-state index contributed by atoms with van der Waals surface area (Å²) >= 11 is 1.67. The van der Waals surface area contributed by atoms with E-state index < -0.39 is 12.0 Å². The highest BCUT2D eigenvalue weighted by atomic mass is 32.1. The van der Waals surface area contributed by atoms with Gasteiger partial charge in [-0.15, -0.1) is 11.3 Å². The zero-order valence-electron chi connectivity index (χ0n) is 23.3. The van der Waals surface area contributed by atoms with Crippen molar-refractivity contribution in [3.63, 3.8) is 0 Å². The second-order valence-electron chi connectivity index (χ2n) is 11.1. The van der Waals surface area contributed by atoms with E-state index in [-0.39, 0.29) is 12.0 Å². The number of thiophene rings is 1. The Bertz CT molecular complexity index is 1100. The van der Waals surface area contributed by atoms with Crippen molar-refractivity contribution < 1.29 is 24.1 Å². The summed E-state index contributed by atoms with van der Waals surface area (Å²) < 4.78 is 17.6. The van der Waals surface area contributed by atoms with Gasteiger partial charge in [0.05, 0.1) is 31.8 Å². The van der Waals surface area contributed by atoms with Crippen molar-refractivity contribution in [3.8, 4) is 5.88 Å². The number of aromatic nitrogens is 2. The average Bonchev–Trinajstić information content (AvgIpc) is 3.53. The summed E-state index contributed by atoms with van der Waals surface area (Å²) in [7, 11) is 0. The summed E-state index contributed by atoms with van der Waals surface area (Å²) in [5.74, 6) is 0.0391. The molecule has 2 atom stereocenters. The molecule has 2 aliphatic carbocycles. The molecule has 11 nitrogen and oxygen atoms in total. The highest BCUT2D eigenvalue weighted by Crippen LogP contribution is 2.47. The van der Waals surface area contributed by atoms with Gasteiger partial charge in [0, 0.05) is 50.2 Å². The van der Waals surface area contributed by atoms with Crippen molar-refractivity contribution in [1.29, 1.82) is 0 Å². The molecule has 1 aliphatic heterocycles. The van der Waals surface area contributed by atoms with Crippen molar-refractivity contribution in [2.24, 2.45) is 11.5 Å². The van der Waals surface area contributed by atoms with Gasteiger partial charge in [0.15, 0.2) is 0 Å². The zero-order valence-corrected chi connectivity index (χ0v) is 24.2. The van der Waals surface area contributed by atoms with Crippen LogP contribution >= 0.6 is 11.3 Å². The van der Waals surface area contributed by atoms with Crippen molar-refractivity contribution in [2.45, 2.75) is 69.1 Å². The summed E-state index contributed by atoms with van der Waals surface area (Å²) in [4.78, 5) is 27.9. The number of piperazine rings is 1. The number of hydrogen-bond donors (Lipinski definition) is 3. The fourth-order valence-electron chi connectivity index (χ4n) is 6.39. The zero-order chi connectivity index (χ0) is 27.9. The van der Waals surface area contributed by atoms with E-state index in [0.29, 0.717) is 44.7 Å². The Morgan fingerprint density at radius 1 is 1.05 bits per heavy atom. The minimum Gasteiger partial charge on any atom is -0.474 e. The van der Waals surface area contributed by atoms with Crippen LogP contribution in [0.3, 0.4) is 0 Å². The van der Waals surface area contributed by atoms with Crippen LogP contribution in [0.1, 0.15) is 54.9 Å². The number of aliphatic hydroxyl groups is 1. The number of ether oxygens (including phenoxy) is 3. The van der Waals surface area contributed by atoms with E-state index in [0.717, 1.165) is 93.6 Å². The molecule has 0 radical (unpaired) electrons. The fourth-order valence-corrected chi connectivity index (χ4v) is 7.62. The Kier molecular flexibility index (Phi) is 10.6. The summed E-state index contributed by atoms with van der Waals surface area (Å²) in [6, 6.07) is 0.605. The van der Waals surface area contributed by atoms with Gasteiger partial charge in [-0.25, -0.2) is 9.97 Å². The predicted molar refractivity (Wildman–Crippen MR) is 154 cm³/mol. The molecule has 12 heteroatoms. The molecular weight excluding hydrogens is 532 g/mol. The Balaban J connectivity index is 1.08. The summed E-state index contributed by atoms with van der Waals surface area (Å²) in [6.07, 6.45) is 6.98. The first kappa shape index (κ1) is 29.6. The van der Waals surface area contributed by atoms with E-state index >= 15 is 0 Å². The van der Waals surface area contributed by atoms with Crippen LogP contribution in [-0.2, 0) is 20.7 Å². The molecule has 3 heterocycles. The van der Waals surface area contributed by atoms with Crippen LogP contribution in [0.5, 0.6) is 5.88 Å². The first-order valence-electron chi connectivity index (χ1n) is 14.8. The van der Waals surface area contributed by atoms with Gasteiger partial charge in [-0.2, -0.15) is 0 Å². The number of aliphatic hydroxyl groups excluding tert-OH is 1. The van der Waals surface area contributed by atoms with Crippen LogP contribution in [-0.4, -0.2) is 115 Å². The van der Waals surface area contributed by atoms with E-state index in [9.17, 15) is 9.90 Å². The highest BCUT2D eigenvalue weighted by Gasteiger charge is 2.34. The molecule has 40 heavy (non-hydrogen) atoms. The van der Waals surface area contributed by atoms with Crippen LogP contribution in [0.2, 0.25) is 0 Å². The lowest BCUT2D eigenvalue weighted by Crippen LogP contribution is -2.52. The van der Waals surface area contributed by atoms with Gasteiger partial charge in [0.1, 0.15) is 23.4 Å². The third-order valence-electron chi connectivity index (χ3n) is 8.56. The van der Waals surface area contributed by atoms with Crippen molar-refractivity contribution in [1.82, 2.24) is 19.8 Å². The van der Waals surface area contributed by atoms with Crippen LogP contribution in [0.25, 0.3) is 10.2 Å². The first-order chi connectivity index (χ1) is 19.5. The molecule has 0 bridgehead atoms. The smallest absolute Gasteiger partial charge is 0.246 e. The summed E-state index contributed by atoms with van der Waals surface area (Å²) in [6.45, 7) is 8.44. The van der Waals surface area contributed by atoms with E-state index in [1.807, 2.05) is 0 Å². The molecule has 1 amide bonds. The first-order valence-corrected chi connectivity index (χ1v) is 15.6. The normalized spacial score (nSPS) is 24.8. The quantitative estimate of drug-likeness (QED) is 0.281. The van der Waals surface area contributed by atoms with Gasteiger partial charge >= 0.3 is 0 Å². The lowest BCUT2D eigenvalue weighted by Gasteiger charge is -2.41. The van der Waals surface area contributed by atoms with Gasteiger partial charge in [0.2, 0.25) is 11.8 Å². The van der Waals surface area contributed by atoms with Crippen LogP contribution in [0.4, 0.5) is 0 Å². The van der Waals surface area contributed by atoms with Crippen molar-refractivity contribution in [2.75, 3.05) is 65.7 Å². The van der Waals surface area contributed by atoms with E-state index in [1.165, 1.54) is 4.88 Å². The molecule has 2 fully saturated rings. The predicted octanol–water partition coefficient (Wildman–Crippen LogP) is 1.26. The molecule has 5 rings (SSSR count). The average molecular weight is 577 g/mol. The number of fused-ring (bicyclic) bond motifs is 3. The molecular formula is C28H44N6O5S. The van der Waals surface area contributed by atoms with Gasteiger partial charge in [-0.1, -0.05) is 0 Å². The number of carbonyl (C=O) groups excluding carboxylic acids is 1. The van der Waals surface area contributed by atoms with E-state index in [4.69, 9.17) is 25.7 Å². The van der Waals surface area contributed by atoms with E-state index in [1.54, 1.807) is 17.7 Å². The maximum atomic E-state index is 11.5. The van der Waals surface area contributed by atoms with Crippen molar-refractivity contribution in [3.05, 3.63) is 16.8 Å². The van der Waals surface area contributed by atoms with Gasteiger partial charge in [0.25, 0.3) is 0 Å². The van der Waals surface area contributed by atoms with Gasteiger partial charge in [-0.3, -0.25) is 14.6 Å². The summed E-state index contributed by atoms with van der Waals surface area (Å²) in [5.41, 5.74) is 11.9. The third-order valence-corrected chi connectivity index (χ3v) is 9.74. The standard InChI is InChI=1S/C28H44N6O5S/c29-7-13-37-15-16-38-14-12-33-8-10-34(11-9-33)20-2-4-21(5-3-20)39-27-25-24-19(17-22(35)26(30)36)1-6-23(24)40-28(25)32-18-31-27/h18-22,35H,1-17,29H2,(H2,30,36)/t19-,20-,21-,22-/m1/s1. The van der Waals surface area contributed by atoms with Gasteiger partial charge in [-0.05, 0) is 56.4 Å². The molecule has 3 aliphatic rings. The molecule has 222 valence electrons. The van der Waals surface area contributed by atoms with E-state index in [2.05, 4.69) is 19.8 Å². The molecule has 2 aromatic heterocycles. The Hall–Kier alpha value is -1.93. The van der Waals surface area contributed by atoms with Crippen LogP contribution in [0, 0.1) is 0 Å². The topological polar surface area (TPSA) is 149 Å². The second-order valence-corrected chi connectivity index (χ2v) is 12.2. The fraction of sp³-hybridized carbons (Fsp3) is 0.750. The number of hydrogen-bond acceptors (Lipinski definition) is 11. The lowest BCUT2D eigenvalue weighted by atomic mass is 9.91. The van der Waals surface area contributed by atoms with Crippen LogP contribution < -0.4 is 16.2 Å². The Morgan fingerprint density at radius 2 is 1.80 bits per heavy atom. The molecule has 2 aromatic rings. The third kappa shape index (κ3) is 7.28. The largest absolute Gasteiger partial charge is 0.474 e. The number of aryl methyl sites for hydroxylation is 1. The monoisotopic (exact) mass is 576 g/mol. The lowest BCUT2D eigenvalue weighted by molar-refractivity contribution is -0.126. The molecule has 1 saturated heterocycles. The van der Waals surface area contributed by atoms with Gasteiger partial charge < -0.3 is 30.8 Å².